The number of anilines is 1. The van der Waals surface area contributed by atoms with Gasteiger partial charge >= 0.3 is 5.97 Å². The molecule has 2 rings (SSSR count). The van der Waals surface area contributed by atoms with Gasteiger partial charge < -0.3 is 10.4 Å². The van der Waals surface area contributed by atoms with Crippen LogP contribution >= 0.6 is 11.3 Å². The van der Waals surface area contributed by atoms with Crippen LogP contribution in [0.15, 0.2) is 0 Å². The number of carbonyl (C=O) groups is 1. The van der Waals surface area contributed by atoms with Crippen molar-refractivity contribution < 1.29 is 9.90 Å². The molecule has 15 heavy (non-hydrogen) atoms. The lowest BCUT2D eigenvalue weighted by atomic mass is 10.3. The lowest BCUT2D eigenvalue weighted by molar-refractivity contribution is 0.0690. The number of aromatic carboxylic acids is 1. The molecule has 1 fully saturated rings. The topological polar surface area (TPSA) is 62.2 Å². The molecule has 0 saturated heterocycles. The molecule has 1 aromatic rings. The van der Waals surface area contributed by atoms with Gasteiger partial charge in [-0.1, -0.05) is 12.8 Å². The van der Waals surface area contributed by atoms with Crippen molar-refractivity contribution in [3.05, 3.63) is 10.6 Å². The molecule has 0 amide bonds. The van der Waals surface area contributed by atoms with Gasteiger partial charge in [0.05, 0.1) is 0 Å². The number of nitrogens with zero attached hydrogens (tertiary/aromatic N) is 1. The largest absolute Gasteiger partial charge is 0.476 e. The molecule has 0 spiro atoms. The first-order valence-corrected chi connectivity index (χ1v) is 5.93. The fourth-order valence-electron chi connectivity index (χ4n) is 1.46. The van der Waals surface area contributed by atoms with Crippen molar-refractivity contribution in [1.82, 2.24) is 4.98 Å². The molecule has 0 aliphatic heterocycles. The number of thiazole rings is 1. The Labute approximate surface area is 92.3 Å². The summed E-state index contributed by atoms with van der Waals surface area (Å²) in [4.78, 5) is 15.5. The highest BCUT2D eigenvalue weighted by Gasteiger charge is 2.20. The van der Waals surface area contributed by atoms with E-state index in [4.69, 9.17) is 5.11 Å². The van der Waals surface area contributed by atoms with Gasteiger partial charge in [-0.05, 0) is 19.3 Å². The van der Waals surface area contributed by atoms with Gasteiger partial charge in [0.1, 0.15) is 0 Å². The Balaban J connectivity index is 1.89. The number of carboxylic acids is 1. The van der Waals surface area contributed by atoms with Gasteiger partial charge in [-0.15, -0.1) is 11.3 Å². The predicted octanol–water partition coefficient (Wildman–Crippen LogP) is 2.36. The van der Waals surface area contributed by atoms with Crippen LogP contribution in [-0.2, 0) is 0 Å². The van der Waals surface area contributed by atoms with Gasteiger partial charge in [0.2, 0.25) is 0 Å². The summed E-state index contributed by atoms with van der Waals surface area (Å²) < 4.78 is 0. The molecule has 0 aromatic carbocycles. The van der Waals surface area contributed by atoms with Crippen LogP contribution in [0.25, 0.3) is 0 Å². The maximum Gasteiger partial charge on any atom is 0.355 e. The summed E-state index contributed by atoms with van der Waals surface area (Å²) in [6, 6.07) is 0. The summed E-state index contributed by atoms with van der Waals surface area (Å²) in [6.45, 7) is 2.68. The maximum absolute atomic E-state index is 10.7. The van der Waals surface area contributed by atoms with Gasteiger partial charge in [0, 0.05) is 11.4 Å². The highest BCUT2D eigenvalue weighted by atomic mass is 32.1. The fourth-order valence-corrected chi connectivity index (χ4v) is 2.29. The second-order valence-electron chi connectivity index (χ2n) is 3.89. The third-order valence-electron chi connectivity index (χ3n) is 2.52. The van der Waals surface area contributed by atoms with Gasteiger partial charge in [0.15, 0.2) is 10.8 Å². The average Bonchev–Trinajstić information content (AvgIpc) is 2.90. The van der Waals surface area contributed by atoms with Gasteiger partial charge in [-0.25, -0.2) is 9.78 Å². The summed E-state index contributed by atoms with van der Waals surface area (Å²) in [7, 11) is 0. The number of carboxylic acid groups (broad SMARTS) is 1. The fraction of sp³-hybridized carbons (Fsp3) is 0.600. The first-order chi connectivity index (χ1) is 7.16. The van der Waals surface area contributed by atoms with Crippen LogP contribution in [-0.4, -0.2) is 22.6 Å². The quantitative estimate of drug-likeness (QED) is 0.809. The third-order valence-corrected chi connectivity index (χ3v) is 3.45. The Kier molecular flexibility index (Phi) is 2.90. The van der Waals surface area contributed by atoms with Gasteiger partial charge in [0.25, 0.3) is 0 Å². The van der Waals surface area contributed by atoms with Gasteiger partial charge in [-0.3, -0.25) is 0 Å². The number of rotatable bonds is 5. The SMILES string of the molecule is Cc1sc(NCCC2CC2)nc1C(=O)O. The Bertz CT molecular complexity index is 371. The molecule has 0 unspecified atom stereocenters. The normalized spacial score (nSPS) is 15.3. The van der Waals surface area contributed by atoms with E-state index in [9.17, 15) is 4.79 Å². The highest BCUT2D eigenvalue weighted by Crippen LogP contribution is 2.32. The number of hydrogen-bond acceptors (Lipinski definition) is 4. The molecular weight excluding hydrogens is 212 g/mol. The standard InChI is InChI=1S/C10H14N2O2S/c1-6-8(9(13)14)12-10(15-6)11-5-4-7-2-3-7/h7H,2-5H2,1H3,(H,11,12)(H,13,14). The van der Waals surface area contributed by atoms with Crippen LogP contribution in [0.2, 0.25) is 0 Å². The van der Waals surface area contributed by atoms with E-state index in [-0.39, 0.29) is 5.69 Å². The van der Waals surface area contributed by atoms with Crippen molar-refractivity contribution >= 4 is 22.4 Å². The number of nitrogens with one attached hydrogen (secondary N) is 1. The minimum Gasteiger partial charge on any atom is -0.476 e. The molecule has 0 radical (unpaired) electrons. The number of aryl methyl sites for hydroxylation is 1. The van der Waals surface area contributed by atoms with Crippen molar-refractivity contribution in [2.24, 2.45) is 5.92 Å². The molecule has 5 heteroatoms. The van der Waals surface area contributed by atoms with E-state index in [0.717, 1.165) is 22.5 Å². The van der Waals surface area contributed by atoms with Crippen LogP contribution in [0.5, 0.6) is 0 Å². The van der Waals surface area contributed by atoms with Gasteiger partial charge in [-0.2, -0.15) is 0 Å². The maximum atomic E-state index is 10.7. The Morgan fingerprint density at radius 1 is 1.67 bits per heavy atom. The Morgan fingerprint density at radius 2 is 2.40 bits per heavy atom. The van der Waals surface area contributed by atoms with Crippen molar-refractivity contribution in [2.45, 2.75) is 26.2 Å². The van der Waals surface area contributed by atoms with Crippen molar-refractivity contribution in [2.75, 3.05) is 11.9 Å². The van der Waals surface area contributed by atoms with E-state index in [2.05, 4.69) is 10.3 Å². The lowest BCUT2D eigenvalue weighted by Crippen LogP contribution is -2.03. The zero-order valence-corrected chi connectivity index (χ0v) is 9.43. The number of hydrogen-bond donors (Lipinski definition) is 2. The van der Waals surface area contributed by atoms with E-state index in [0.29, 0.717) is 0 Å². The second-order valence-corrected chi connectivity index (χ2v) is 5.09. The van der Waals surface area contributed by atoms with Crippen molar-refractivity contribution in [3.63, 3.8) is 0 Å². The van der Waals surface area contributed by atoms with E-state index in [1.165, 1.54) is 30.6 Å². The van der Waals surface area contributed by atoms with Crippen LogP contribution in [0, 0.1) is 12.8 Å². The molecular formula is C10H14N2O2S. The van der Waals surface area contributed by atoms with Crippen molar-refractivity contribution in [3.8, 4) is 0 Å². The Hall–Kier alpha value is -1.10. The minimum absolute atomic E-state index is 0.175. The third kappa shape index (κ3) is 2.68. The smallest absolute Gasteiger partial charge is 0.355 e. The van der Waals surface area contributed by atoms with Crippen LogP contribution in [0.4, 0.5) is 5.13 Å². The Morgan fingerprint density at radius 3 is 2.93 bits per heavy atom. The molecule has 0 atom stereocenters. The highest BCUT2D eigenvalue weighted by molar-refractivity contribution is 7.15. The zero-order valence-electron chi connectivity index (χ0n) is 8.62. The molecule has 1 heterocycles. The van der Waals surface area contributed by atoms with Crippen LogP contribution in [0.1, 0.15) is 34.6 Å². The van der Waals surface area contributed by atoms with E-state index in [1.54, 1.807) is 6.92 Å². The first-order valence-electron chi connectivity index (χ1n) is 5.11. The van der Waals surface area contributed by atoms with E-state index in [1.807, 2.05) is 0 Å². The minimum atomic E-state index is -0.945. The second kappa shape index (κ2) is 4.18. The van der Waals surface area contributed by atoms with Crippen molar-refractivity contribution in [1.29, 1.82) is 0 Å². The molecule has 0 bridgehead atoms. The molecule has 2 N–H and O–H groups in total. The zero-order chi connectivity index (χ0) is 10.8. The first kappa shape index (κ1) is 10.4. The van der Waals surface area contributed by atoms with Crippen LogP contribution in [0.3, 0.4) is 0 Å². The molecule has 1 aliphatic rings. The summed E-state index contributed by atoms with van der Waals surface area (Å²) in [5.74, 6) is -0.0588. The molecule has 82 valence electrons. The monoisotopic (exact) mass is 226 g/mol. The molecule has 1 aliphatic carbocycles. The van der Waals surface area contributed by atoms with Crippen LogP contribution < -0.4 is 5.32 Å². The van der Waals surface area contributed by atoms with E-state index < -0.39 is 5.97 Å². The lowest BCUT2D eigenvalue weighted by Gasteiger charge is -1.99. The molecule has 4 nitrogen and oxygen atoms in total. The average molecular weight is 226 g/mol. The predicted molar refractivity (Wildman–Crippen MR) is 59.6 cm³/mol. The van der Waals surface area contributed by atoms with E-state index >= 15 is 0 Å². The summed E-state index contributed by atoms with van der Waals surface area (Å²) in [6.07, 6.45) is 3.86. The molecule has 1 aromatic heterocycles. The number of aromatic nitrogens is 1. The summed E-state index contributed by atoms with van der Waals surface area (Å²) >= 11 is 1.41. The molecule has 1 saturated carbocycles. The summed E-state index contributed by atoms with van der Waals surface area (Å²) in [5, 5.41) is 12.7. The summed E-state index contributed by atoms with van der Waals surface area (Å²) in [5.41, 5.74) is 0.175.